The van der Waals surface area contributed by atoms with E-state index >= 15 is 0 Å². The number of aliphatic carboxylic acids is 1. The van der Waals surface area contributed by atoms with Gasteiger partial charge in [-0.3, -0.25) is 4.79 Å². The number of rotatable bonds is 6. The van der Waals surface area contributed by atoms with E-state index in [9.17, 15) is 9.90 Å². The van der Waals surface area contributed by atoms with E-state index in [-0.39, 0.29) is 6.04 Å². The largest absolute Gasteiger partial charge is 0.480 e. The van der Waals surface area contributed by atoms with E-state index in [0.717, 1.165) is 50.9 Å². The fourth-order valence-corrected chi connectivity index (χ4v) is 4.06. The SMILES string of the molecule is CN1CCCC2CN(CCC(NC3CC3)C(=O)O)CCC21. The van der Waals surface area contributed by atoms with E-state index in [1.165, 1.54) is 25.8 Å². The lowest BCUT2D eigenvalue weighted by molar-refractivity contribution is -0.139. The van der Waals surface area contributed by atoms with Crippen LogP contribution in [0, 0.1) is 5.92 Å². The molecule has 0 aromatic rings. The average Bonchev–Trinajstić information content (AvgIpc) is 3.27. The lowest BCUT2D eigenvalue weighted by Crippen LogP contribution is -2.53. The topological polar surface area (TPSA) is 55.8 Å². The van der Waals surface area contributed by atoms with Crippen LogP contribution < -0.4 is 5.32 Å². The van der Waals surface area contributed by atoms with Crippen molar-refractivity contribution in [1.82, 2.24) is 15.1 Å². The van der Waals surface area contributed by atoms with Crippen molar-refractivity contribution in [2.75, 3.05) is 33.2 Å². The Hall–Kier alpha value is -0.650. The number of nitrogens with one attached hydrogen (secondary N) is 1. The normalized spacial score (nSPS) is 32.6. The summed E-state index contributed by atoms with van der Waals surface area (Å²) in [6.45, 7) is 4.45. The van der Waals surface area contributed by atoms with Crippen molar-refractivity contribution in [2.45, 2.75) is 56.7 Å². The third kappa shape index (κ3) is 3.96. The van der Waals surface area contributed by atoms with Crippen molar-refractivity contribution in [3.8, 4) is 0 Å². The molecule has 0 bridgehead atoms. The molecule has 2 N–H and O–H groups in total. The molecule has 3 fully saturated rings. The summed E-state index contributed by atoms with van der Waals surface area (Å²) in [7, 11) is 2.26. The summed E-state index contributed by atoms with van der Waals surface area (Å²) < 4.78 is 0. The summed E-state index contributed by atoms with van der Waals surface area (Å²) in [6.07, 6.45) is 6.92. The van der Waals surface area contributed by atoms with Crippen LogP contribution in [0.4, 0.5) is 0 Å². The molecule has 2 saturated heterocycles. The summed E-state index contributed by atoms with van der Waals surface area (Å²) in [4.78, 5) is 16.3. The Morgan fingerprint density at radius 1 is 1.29 bits per heavy atom. The summed E-state index contributed by atoms with van der Waals surface area (Å²) >= 11 is 0. The van der Waals surface area contributed by atoms with Gasteiger partial charge in [-0.2, -0.15) is 0 Å². The smallest absolute Gasteiger partial charge is 0.320 e. The van der Waals surface area contributed by atoms with Crippen molar-refractivity contribution >= 4 is 5.97 Å². The second kappa shape index (κ2) is 6.63. The number of likely N-dealkylation sites (tertiary alicyclic amines) is 2. The van der Waals surface area contributed by atoms with Gasteiger partial charge in [0.1, 0.15) is 6.04 Å². The Kier molecular flexibility index (Phi) is 4.82. The molecule has 5 heteroatoms. The van der Waals surface area contributed by atoms with E-state index in [1.54, 1.807) is 0 Å². The summed E-state index contributed by atoms with van der Waals surface area (Å²) in [5, 5.41) is 12.6. The highest BCUT2D eigenvalue weighted by Gasteiger charge is 2.34. The van der Waals surface area contributed by atoms with Gasteiger partial charge >= 0.3 is 5.97 Å². The maximum Gasteiger partial charge on any atom is 0.320 e. The number of carboxylic acids is 1. The van der Waals surface area contributed by atoms with E-state index in [4.69, 9.17) is 0 Å². The van der Waals surface area contributed by atoms with Crippen LogP contribution in [0.15, 0.2) is 0 Å². The molecule has 0 aromatic carbocycles. The Balaban J connectivity index is 1.45. The summed E-state index contributed by atoms with van der Waals surface area (Å²) in [5.74, 6) is 0.103. The number of carboxylic acid groups (broad SMARTS) is 1. The zero-order valence-electron chi connectivity index (χ0n) is 13.1. The standard InChI is InChI=1S/C16H29N3O2/c1-18-8-2-3-12-11-19(10-7-15(12)18)9-6-14(16(20)21)17-13-4-5-13/h12-15,17H,2-11H2,1H3,(H,20,21). The molecule has 1 saturated carbocycles. The lowest BCUT2D eigenvalue weighted by Gasteiger charge is -2.46. The first-order valence-corrected chi connectivity index (χ1v) is 8.55. The first-order chi connectivity index (χ1) is 10.1. The van der Waals surface area contributed by atoms with Gasteiger partial charge in [-0.15, -0.1) is 0 Å². The number of fused-ring (bicyclic) bond motifs is 1. The van der Waals surface area contributed by atoms with Crippen LogP contribution in [-0.4, -0.2) is 72.2 Å². The van der Waals surface area contributed by atoms with Crippen molar-refractivity contribution in [1.29, 1.82) is 0 Å². The molecule has 2 heterocycles. The molecule has 5 nitrogen and oxygen atoms in total. The second-order valence-corrected chi connectivity index (χ2v) is 7.16. The number of hydrogen-bond acceptors (Lipinski definition) is 4. The first-order valence-electron chi connectivity index (χ1n) is 8.55. The zero-order valence-corrected chi connectivity index (χ0v) is 13.1. The maximum atomic E-state index is 11.3. The van der Waals surface area contributed by atoms with Gasteiger partial charge in [0.05, 0.1) is 0 Å². The minimum Gasteiger partial charge on any atom is -0.480 e. The molecule has 0 spiro atoms. The molecule has 3 aliphatic rings. The van der Waals surface area contributed by atoms with Crippen LogP contribution in [0.2, 0.25) is 0 Å². The molecular formula is C16H29N3O2. The molecule has 3 rings (SSSR count). The van der Waals surface area contributed by atoms with Crippen LogP contribution in [0.5, 0.6) is 0 Å². The summed E-state index contributed by atoms with van der Waals surface area (Å²) in [5.41, 5.74) is 0. The molecule has 0 amide bonds. The molecule has 0 radical (unpaired) electrons. The molecule has 3 unspecified atom stereocenters. The first kappa shape index (κ1) is 15.3. The van der Waals surface area contributed by atoms with Gasteiger partial charge in [0.15, 0.2) is 0 Å². The number of hydrogen-bond donors (Lipinski definition) is 2. The number of carbonyl (C=O) groups is 1. The molecule has 1 aliphatic carbocycles. The predicted molar refractivity (Wildman–Crippen MR) is 82.4 cm³/mol. The average molecular weight is 295 g/mol. The third-order valence-electron chi connectivity index (χ3n) is 5.48. The van der Waals surface area contributed by atoms with Gasteiger partial charge in [-0.05, 0) is 64.6 Å². The monoisotopic (exact) mass is 295 g/mol. The fraction of sp³-hybridized carbons (Fsp3) is 0.938. The number of piperidine rings is 2. The molecule has 120 valence electrons. The van der Waals surface area contributed by atoms with Gasteiger partial charge in [0, 0.05) is 25.2 Å². The van der Waals surface area contributed by atoms with Crippen LogP contribution in [0.1, 0.15) is 38.5 Å². The van der Waals surface area contributed by atoms with Gasteiger partial charge < -0.3 is 20.2 Å². The zero-order chi connectivity index (χ0) is 14.8. The Morgan fingerprint density at radius 2 is 2.10 bits per heavy atom. The Bertz CT molecular complexity index is 373. The third-order valence-corrected chi connectivity index (χ3v) is 5.48. The quantitative estimate of drug-likeness (QED) is 0.765. The molecule has 21 heavy (non-hydrogen) atoms. The highest BCUT2D eigenvalue weighted by Crippen LogP contribution is 2.29. The predicted octanol–water partition coefficient (Wildman–Crippen LogP) is 0.998. The van der Waals surface area contributed by atoms with Gasteiger partial charge in [-0.1, -0.05) is 0 Å². The highest BCUT2D eigenvalue weighted by molar-refractivity contribution is 5.73. The van der Waals surface area contributed by atoms with Gasteiger partial charge in [-0.25, -0.2) is 0 Å². The van der Waals surface area contributed by atoms with Crippen LogP contribution in [-0.2, 0) is 4.79 Å². The lowest BCUT2D eigenvalue weighted by atomic mass is 9.84. The van der Waals surface area contributed by atoms with E-state index < -0.39 is 5.97 Å². The van der Waals surface area contributed by atoms with Crippen molar-refractivity contribution in [3.63, 3.8) is 0 Å². The molecule has 0 aromatic heterocycles. The minimum absolute atomic E-state index is 0.357. The maximum absolute atomic E-state index is 11.3. The fourth-order valence-electron chi connectivity index (χ4n) is 4.06. The van der Waals surface area contributed by atoms with Crippen LogP contribution in [0.3, 0.4) is 0 Å². The van der Waals surface area contributed by atoms with E-state index in [0.29, 0.717) is 6.04 Å². The van der Waals surface area contributed by atoms with Crippen molar-refractivity contribution in [2.24, 2.45) is 5.92 Å². The minimum atomic E-state index is -0.686. The van der Waals surface area contributed by atoms with E-state index in [2.05, 4.69) is 22.2 Å². The van der Waals surface area contributed by atoms with E-state index in [1.807, 2.05) is 0 Å². The molecule has 3 atom stereocenters. The van der Waals surface area contributed by atoms with Crippen LogP contribution >= 0.6 is 0 Å². The van der Waals surface area contributed by atoms with Crippen molar-refractivity contribution < 1.29 is 9.90 Å². The highest BCUT2D eigenvalue weighted by atomic mass is 16.4. The molecular weight excluding hydrogens is 266 g/mol. The van der Waals surface area contributed by atoms with Crippen molar-refractivity contribution in [3.05, 3.63) is 0 Å². The molecule has 2 aliphatic heterocycles. The number of nitrogens with zero attached hydrogens (tertiary/aromatic N) is 2. The van der Waals surface area contributed by atoms with Crippen LogP contribution in [0.25, 0.3) is 0 Å². The second-order valence-electron chi connectivity index (χ2n) is 7.16. The summed E-state index contributed by atoms with van der Waals surface area (Å²) in [6, 6.07) is 0.864. The Labute approximate surface area is 127 Å². The Morgan fingerprint density at radius 3 is 2.81 bits per heavy atom. The van der Waals surface area contributed by atoms with Gasteiger partial charge in [0.25, 0.3) is 0 Å². The van der Waals surface area contributed by atoms with Gasteiger partial charge in [0.2, 0.25) is 0 Å².